The Morgan fingerprint density at radius 3 is 2.95 bits per heavy atom. The van der Waals surface area contributed by atoms with Gasteiger partial charge in [0.05, 0.1) is 23.7 Å². The number of aromatic amines is 1. The van der Waals surface area contributed by atoms with Crippen LogP contribution in [0.3, 0.4) is 0 Å². The third-order valence-electron chi connectivity index (χ3n) is 3.87. The standard InChI is InChI=1S/C15H22N4O/c1-2-20-12-5-7-19(8-6-12)10-15-17-13-4-3-11(16)9-14(13)18-15/h3-4,9,12H,2,5-8,10,16H2,1H3,(H,17,18). The van der Waals surface area contributed by atoms with Crippen LogP contribution < -0.4 is 5.73 Å². The number of H-pyrrole nitrogens is 1. The molecule has 2 aromatic rings. The van der Waals surface area contributed by atoms with Crippen molar-refractivity contribution in [3.63, 3.8) is 0 Å². The summed E-state index contributed by atoms with van der Waals surface area (Å²) in [5.41, 5.74) is 8.56. The number of hydrogen-bond acceptors (Lipinski definition) is 4. The fourth-order valence-electron chi connectivity index (χ4n) is 2.84. The number of nitrogen functional groups attached to an aromatic ring is 1. The highest BCUT2D eigenvalue weighted by Crippen LogP contribution is 2.18. The number of nitrogens with two attached hydrogens (primary N) is 1. The van der Waals surface area contributed by atoms with Gasteiger partial charge in [-0.1, -0.05) is 0 Å². The smallest absolute Gasteiger partial charge is 0.121 e. The monoisotopic (exact) mass is 274 g/mol. The molecule has 5 heteroatoms. The van der Waals surface area contributed by atoms with Crippen molar-refractivity contribution in [2.24, 2.45) is 0 Å². The minimum atomic E-state index is 0.437. The number of piperidine rings is 1. The highest BCUT2D eigenvalue weighted by atomic mass is 16.5. The Labute approximate surface area is 119 Å². The van der Waals surface area contributed by atoms with Crippen LogP contribution in [0.5, 0.6) is 0 Å². The van der Waals surface area contributed by atoms with Crippen molar-refractivity contribution < 1.29 is 4.74 Å². The minimum absolute atomic E-state index is 0.437. The van der Waals surface area contributed by atoms with Crippen LogP contribution in [0.2, 0.25) is 0 Å². The second-order valence-electron chi connectivity index (χ2n) is 5.39. The number of fused-ring (bicyclic) bond motifs is 1. The first-order valence-corrected chi connectivity index (χ1v) is 7.32. The third kappa shape index (κ3) is 2.94. The van der Waals surface area contributed by atoms with Crippen molar-refractivity contribution in [1.29, 1.82) is 0 Å². The maximum absolute atomic E-state index is 5.79. The van der Waals surface area contributed by atoms with Crippen LogP contribution in [0.15, 0.2) is 18.2 Å². The van der Waals surface area contributed by atoms with Crippen LogP contribution in [0, 0.1) is 0 Å². The van der Waals surface area contributed by atoms with E-state index in [9.17, 15) is 0 Å². The number of benzene rings is 1. The number of likely N-dealkylation sites (tertiary alicyclic amines) is 1. The number of nitrogens with zero attached hydrogens (tertiary/aromatic N) is 2. The highest BCUT2D eigenvalue weighted by Gasteiger charge is 2.20. The van der Waals surface area contributed by atoms with E-state index in [1.54, 1.807) is 0 Å². The van der Waals surface area contributed by atoms with Crippen LogP contribution in [-0.2, 0) is 11.3 Å². The summed E-state index contributed by atoms with van der Waals surface area (Å²) in [6, 6.07) is 5.79. The normalized spacial score (nSPS) is 17.9. The van der Waals surface area contributed by atoms with Crippen LogP contribution >= 0.6 is 0 Å². The molecule has 0 bridgehead atoms. The number of hydrogen-bond donors (Lipinski definition) is 2. The Morgan fingerprint density at radius 1 is 1.40 bits per heavy atom. The molecule has 0 amide bonds. The zero-order valence-electron chi connectivity index (χ0n) is 11.9. The molecule has 0 atom stereocenters. The van der Waals surface area contributed by atoms with Gasteiger partial charge in [-0.05, 0) is 38.0 Å². The van der Waals surface area contributed by atoms with Crippen molar-refractivity contribution in [3.05, 3.63) is 24.0 Å². The SMILES string of the molecule is CCOC1CCN(Cc2nc3ccc(N)cc3[nH]2)CC1. The van der Waals surface area contributed by atoms with Gasteiger partial charge in [-0.15, -0.1) is 0 Å². The molecule has 1 aliphatic rings. The Morgan fingerprint density at radius 2 is 2.20 bits per heavy atom. The molecule has 1 aromatic heterocycles. The molecule has 0 radical (unpaired) electrons. The highest BCUT2D eigenvalue weighted by molar-refractivity contribution is 5.78. The van der Waals surface area contributed by atoms with Gasteiger partial charge in [0, 0.05) is 25.4 Å². The molecular weight excluding hydrogens is 252 g/mol. The van der Waals surface area contributed by atoms with Gasteiger partial charge in [0.2, 0.25) is 0 Å². The third-order valence-corrected chi connectivity index (χ3v) is 3.87. The lowest BCUT2D eigenvalue weighted by Crippen LogP contribution is -2.36. The predicted molar refractivity (Wildman–Crippen MR) is 80.4 cm³/mol. The number of imidazole rings is 1. The summed E-state index contributed by atoms with van der Waals surface area (Å²) in [6.07, 6.45) is 2.66. The molecule has 0 unspecified atom stereocenters. The van der Waals surface area contributed by atoms with Crippen molar-refractivity contribution in [2.75, 3.05) is 25.4 Å². The molecule has 108 valence electrons. The average Bonchev–Trinajstić information content (AvgIpc) is 2.82. The first-order valence-electron chi connectivity index (χ1n) is 7.32. The van der Waals surface area contributed by atoms with Crippen molar-refractivity contribution in [2.45, 2.75) is 32.4 Å². The van der Waals surface area contributed by atoms with Gasteiger partial charge in [0.25, 0.3) is 0 Å². The van der Waals surface area contributed by atoms with E-state index in [2.05, 4.69) is 21.8 Å². The Kier molecular flexibility index (Phi) is 3.89. The zero-order valence-corrected chi connectivity index (χ0v) is 11.9. The molecule has 0 aliphatic carbocycles. The van der Waals surface area contributed by atoms with Crippen molar-refractivity contribution >= 4 is 16.7 Å². The number of anilines is 1. The molecule has 1 saturated heterocycles. The van der Waals surface area contributed by atoms with Crippen LogP contribution in [0.25, 0.3) is 11.0 Å². The predicted octanol–water partition coefficient (Wildman–Crippen LogP) is 2.15. The Bertz CT molecular complexity index is 572. The molecule has 0 spiro atoms. The topological polar surface area (TPSA) is 67.2 Å². The summed E-state index contributed by atoms with van der Waals surface area (Å²) >= 11 is 0. The summed E-state index contributed by atoms with van der Waals surface area (Å²) in [4.78, 5) is 10.4. The molecule has 1 aromatic carbocycles. The maximum Gasteiger partial charge on any atom is 0.121 e. The lowest BCUT2D eigenvalue weighted by molar-refractivity contribution is 0.0120. The van der Waals surface area contributed by atoms with Gasteiger partial charge in [0.1, 0.15) is 5.82 Å². The minimum Gasteiger partial charge on any atom is -0.399 e. The van der Waals surface area contributed by atoms with Gasteiger partial charge in [0.15, 0.2) is 0 Å². The summed E-state index contributed by atoms with van der Waals surface area (Å²) < 4.78 is 5.68. The number of nitrogens with one attached hydrogen (secondary N) is 1. The van der Waals surface area contributed by atoms with Gasteiger partial charge in [-0.25, -0.2) is 4.98 Å². The van der Waals surface area contributed by atoms with Gasteiger partial charge < -0.3 is 15.5 Å². The van der Waals surface area contributed by atoms with Crippen LogP contribution in [-0.4, -0.2) is 40.7 Å². The second-order valence-corrected chi connectivity index (χ2v) is 5.39. The van der Waals surface area contributed by atoms with E-state index in [0.717, 1.165) is 61.6 Å². The fourth-order valence-corrected chi connectivity index (χ4v) is 2.84. The van der Waals surface area contributed by atoms with E-state index in [4.69, 9.17) is 10.5 Å². The molecule has 5 nitrogen and oxygen atoms in total. The maximum atomic E-state index is 5.79. The lowest BCUT2D eigenvalue weighted by atomic mass is 10.1. The van der Waals surface area contributed by atoms with Gasteiger partial charge in [-0.3, -0.25) is 4.90 Å². The van der Waals surface area contributed by atoms with Crippen molar-refractivity contribution in [1.82, 2.24) is 14.9 Å². The molecule has 3 rings (SSSR count). The molecular formula is C15H22N4O. The molecule has 1 fully saturated rings. The fraction of sp³-hybridized carbons (Fsp3) is 0.533. The van der Waals surface area contributed by atoms with E-state index in [1.165, 1.54) is 0 Å². The van der Waals surface area contributed by atoms with E-state index in [-0.39, 0.29) is 0 Å². The number of rotatable bonds is 4. The first kappa shape index (κ1) is 13.4. The first-order chi connectivity index (χ1) is 9.74. The van der Waals surface area contributed by atoms with E-state index in [1.807, 2.05) is 18.2 Å². The Balaban J connectivity index is 1.62. The summed E-state index contributed by atoms with van der Waals surface area (Å²) in [5, 5.41) is 0. The number of ether oxygens (including phenoxy) is 1. The molecule has 2 heterocycles. The van der Waals surface area contributed by atoms with Gasteiger partial charge >= 0.3 is 0 Å². The summed E-state index contributed by atoms with van der Waals surface area (Å²) in [5.74, 6) is 1.01. The second kappa shape index (κ2) is 5.81. The zero-order chi connectivity index (χ0) is 13.9. The summed E-state index contributed by atoms with van der Waals surface area (Å²) in [7, 11) is 0. The van der Waals surface area contributed by atoms with Crippen molar-refractivity contribution in [3.8, 4) is 0 Å². The van der Waals surface area contributed by atoms with E-state index >= 15 is 0 Å². The van der Waals surface area contributed by atoms with Crippen LogP contribution in [0.4, 0.5) is 5.69 Å². The average molecular weight is 274 g/mol. The largest absolute Gasteiger partial charge is 0.399 e. The van der Waals surface area contributed by atoms with Crippen LogP contribution in [0.1, 0.15) is 25.6 Å². The van der Waals surface area contributed by atoms with Gasteiger partial charge in [-0.2, -0.15) is 0 Å². The molecule has 0 saturated carbocycles. The molecule has 1 aliphatic heterocycles. The van der Waals surface area contributed by atoms with E-state index < -0.39 is 0 Å². The van der Waals surface area contributed by atoms with E-state index in [0.29, 0.717) is 6.10 Å². The number of aromatic nitrogens is 2. The summed E-state index contributed by atoms with van der Waals surface area (Å²) in [6.45, 7) is 5.89. The molecule has 3 N–H and O–H groups in total. The Hall–Kier alpha value is -1.59. The lowest BCUT2D eigenvalue weighted by Gasteiger charge is -2.31. The quantitative estimate of drug-likeness (QED) is 0.838. The molecule has 20 heavy (non-hydrogen) atoms.